The van der Waals surface area contributed by atoms with E-state index in [1.54, 1.807) is 18.3 Å². The topological polar surface area (TPSA) is 92.3 Å². The Hall–Kier alpha value is -3.92. The highest BCUT2D eigenvalue weighted by Crippen LogP contribution is 2.25. The van der Waals surface area contributed by atoms with Gasteiger partial charge in [0, 0.05) is 11.8 Å². The zero-order valence-corrected chi connectivity index (χ0v) is 15.3. The number of hydrogen-bond donors (Lipinski definition) is 1. The third kappa shape index (κ3) is 3.23. The monoisotopic (exact) mass is 370 g/mol. The molecule has 0 aliphatic rings. The molecule has 0 bridgehead atoms. The summed E-state index contributed by atoms with van der Waals surface area (Å²) in [5, 5.41) is 20.1. The predicted molar refractivity (Wildman–Crippen MR) is 105 cm³/mol. The third-order valence-corrected chi connectivity index (χ3v) is 4.67. The van der Waals surface area contributed by atoms with Crippen LogP contribution in [0.1, 0.15) is 23.6 Å². The third-order valence-electron chi connectivity index (χ3n) is 4.67. The average molecular weight is 370 g/mol. The Bertz CT molecular complexity index is 1210. The standard InChI is InChI=1S/C21H18N6O/c1-2-17-9-19(6-7-20(17)18-11-23-24-12-18)27-21(28)26(14-25-27)13-16-5-3-4-15(8-16)10-22/h3-9,11-12,14H,2,13H2,1H3,(H,23,24). The Morgan fingerprint density at radius 1 is 1.21 bits per heavy atom. The van der Waals surface area contributed by atoms with Gasteiger partial charge in [-0.3, -0.25) is 9.67 Å². The molecule has 2 heterocycles. The second kappa shape index (κ2) is 7.37. The highest BCUT2D eigenvalue weighted by molar-refractivity contribution is 5.67. The maximum absolute atomic E-state index is 12.8. The van der Waals surface area contributed by atoms with Crippen LogP contribution in [-0.4, -0.2) is 24.5 Å². The first-order valence-corrected chi connectivity index (χ1v) is 8.95. The van der Waals surface area contributed by atoms with Gasteiger partial charge >= 0.3 is 5.69 Å². The van der Waals surface area contributed by atoms with Crippen LogP contribution in [0.4, 0.5) is 0 Å². The Morgan fingerprint density at radius 3 is 2.86 bits per heavy atom. The molecule has 28 heavy (non-hydrogen) atoms. The maximum Gasteiger partial charge on any atom is 0.350 e. The first-order valence-electron chi connectivity index (χ1n) is 8.95. The Kier molecular flexibility index (Phi) is 4.60. The van der Waals surface area contributed by atoms with Gasteiger partial charge in [0.15, 0.2) is 0 Å². The molecule has 0 spiro atoms. The fraction of sp³-hybridized carbons (Fsp3) is 0.143. The summed E-state index contributed by atoms with van der Waals surface area (Å²) < 4.78 is 2.93. The van der Waals surface area contributed by atoms with E-state index in [-0.39, 0.29) is 5.69 Å². The molecule has 7 heteroatoms. The number of hydrogen-bond acceptors (Lipinski definition) is 4. The minimum atomic E-state index is -0.222. The minimum absolute atomic E-state index is 0.222. The summed E-state index contributed by atoms with van der Waals surface area (Å²) in [6.07, 6.45) is 5.98. The second-order valence-corrected chi connectivity index (χ2v) is 6.45. The molecule has 0 atom stereocenters. The molecule has 0 aliphatic heterocycles. The van der Waals surface area contributed by atoms with Crippen LogP contribution < -0.4 is 5.69 Å². The molecule has 2 aromatic heterocycles. The fourth-order valence-corrected chi connectivity index (χ4v) is 3.24. The van der Waals surface area contributed by atoms with Crippen molar-refractivity contribution in [2.45, 2.75) is 19.9 Å². The maximum atomic E-state index is 12.8. The number of aromatic nitrogens is 5. The quantitative estimate of drug-likeness (QED) is 0.585. The SMILES string of the molecule is CCc1cc(-n2ncn(Cc3cccc(C#N)c3)c2=O)ccc1-c1cn[nH]c1. The molecule has 0 unspecified atom stereocenters. The van der Waals surface area contributed by atoms with E-state index in [4.69, 9.17) is 5.26 Å². The van der Waals surface area contributed by atoms with E-state index in [2.05, 4.69) is 28.3 Å². The zero-order valence-electron chi connectivity index (χ0n) is 15.3. The first-order chi connectivity index (χ1) is 13.7. The van der Waals surface area contributed by atoms with E-state index in [1.807, 2.05) is 36.5 Å². The summed E-state index contributed by atoms with van der Waals surface area (Å²) >= 11 is 0. The van der Waals surface area contributed by atoms with E-state index < -0.39 is 0 Å². The Balaban J connectivity index is 1.67. The van der Waals surface area contributed by atoms with Crippen LogP contribution in [0.3, 0.4) is 0 Å². The Morgan fingerprint density at radius 2 is 2.11 bits per heavy atom. The lowest BCUT2D eigenvalue weighted by atomic mass is 10.00. The van der Waals surface area contributed by atoms with E-state index in [0.717, 1.165) is 34.4 Å². The molecular weight excluding hydrogens is 352 g/mol. The van der Waals surface area contributed by atoms with Gasteiger partial charge in [-0.2, -0.15) is 20.1 Å². The molecule has 1 N–H and O–H groups in total. The number of H-pyrrole nitrogens is 1. The van der Waals surface area contributed by atoms with Crippen molar-refractivity contribution in [2.75, 3.05) is 0 Å². The summed E-state index contributed by atoms with van der Waals surface area (Å²) in [6.45, 7) is 2.44. The smallest absolute Gasteiger partial charge is 0.285 e. The van der Waals surface area contributed by atoms with Crippen LogP contribution in [0, 0.1) is 11.3 Å². The molecular formula is C21H18N6O. The number of nitrogens with one attached hydrogen (secondary N) is 1. The molecule has 0 fully saturated rings. The lowest BCUT2D eigenvalue weighted by Crippen LogP contribution is -2.24. The van der Waals surface area contributed by atoms with Crippen LogP contribution in [0.2, 0.25) is 0 Å². The molecule has 0 aliphatic carbocycles. The van der Waals surface area contributed by atoms with Gasteiger partial charge in [-0.1, -0.05) is 25.1 Å². The number of nitriles is 1. The molecule has 0 saturated carbocycles. The number of rotatable bonds is 5. The summed E-state index contributed by atoms with van der Waals surface area (Å²) in [4.78, 5) is 12.8. The van der Waals surface area contributed by atoms with E-state index in [1.165, 1.54) is 15.6 Å². The zero-order chi connectivity index (χ0) is 19.5. The number of nitrogens with zero attached hydrogens (tertiary/aromatic N) is 5. The van der Waals surface area contributed by atoms with Gasteiger partial charge in [-0.25, -0.2) is 4.79 Å². The molecule has 138 valence electrons. The molecule has 2 aromatic carbocycles. The van der Waals surface area contributed by atoms with Gasteiger partial charge in [0.05, 0.1) is 30.1 Å². The molecule has 4 aromatic rings. The van der Waals surface area contributed by atoms with E-state index >= 15 is 0 Å². The fourth-order valence-electron chi connectivity index (χ4n) is 3.24. The van der Waals surface area contributed by atoms with Crippen molar-refractivity contribution in [1.29, 1.82) is 5.26 Å². The summed E-state index contributed by atoms with van der Waals surface area (Å²) in [5.74, 6) is 0. The van der Waals surface area contributed by atoms with Crippen molar-refractivity contribution in [3.63, 3.8) is 0 Å². The molecule has 7 nitrogen and oxygen atoms in total. The summed E-state index contributed by atoms with van der Waals surface area (Å²) in [7, 11) is 0. The van der Waals surface area contributed by atoms with Crippen molar-refractivity contribution in [1.82, 2.24) is 24.5 Å². The lowest BCUT2D eigenvalue weighted by molar-refractivity contribution is 0.738. The van der Waals surface area contributed by atoms with Gasteiger partial charge in [-0.15, -0.1) is 0 Å². The number of aryl methyl sites for hydroxylation is 1. The van der Waals surface area contributed by atoms with Gasteiger partial charge in [0.1, 0.15) is 6.33 Å². The van der Waals surface area contributed by atoms with Gasteiger partial charge in [-0.05, 0) is 47.4 Å². The largest absolute Gasteiger partial charge is 0.350 e. The Labute approximate surface area is 161 Å². The summed E-state index contributed by atoms with van der Waals surface area (Å²) in [6, 6.07) is 15.2. The number of benzene rings is 2. The molecule has 0 saturated heterocycles. The van der Waals surface area contributed by atoms with Crippen LogP contribution in [0.15, 0.2) is 66.0 Å². The van der Waals surface area contributed by atoms with Crippen LogP contribution in [-0.2, 0) is 13.0 Å². The van der Waals surface area contributed by atoms with Crippen molar-refractivity contribution < 1.29 is 0 Å². The van der Waals surface area contributed by atoms with Gasteiger partial charge in [0.2, 0.25) is 0 Å². The highest BCUT2D eigenvalue weighted by Gasteiger charge is 2.11. The molecule has 0 amide bonds. The van der Waals surface area contributed by atoms with Crippen LogP contribution in [0.5, 0.6) is 0 Å². The first kappa shape index (κ1) is 17.5. The van der Waals surface area contributed by atoms with Crippen molar-refractivity contribution in [3.8, 4) is 22.9 Å². The van der Waals surface area contributed by atoms with Gasteiger partial charge in [0.25, 0.3) is 0 Å². The van der Waals surface area contributed by atoms with E-state index in [9.17, 15) is 4.79 Å². The highest BCUT2D eigenvalue weighted by atomic mass is 16.2. The van der Waals surface area contributed by atoms with Gasteiger partial charge < -0.3 is 0 Å². The van der Waals surface area contributed by atoms with E-state index in [0.29, 0.717) is 12.1 Å². The lowest BCUT2D eigenvalue weighted by Gasteiger charge is -2.08. The van der Waals surface area contributed by atoms with Crippen molar-refractivity contribution in [2.24, 2.45) is 0 Å². The number of aromatic amines is 1. The van der Waals surface area contributed by atoms with Crippen molar-refractivity contribution in [3.05, 3.63) is 88.4 Å². The van der Waals surface area contributed by atoms with Crippen molar-refractivity contribution >= 4 is 0 Å². The van der Waals surface area contributed by atoms with Crippen LogP contribution in [0.25, 0.3) is 16.8 Å². The predicted octanol–water partition coefficient (Wildman–Crippen LogP) is 2.91. The molecule has 0 radical (unpaired) electrons. The van der Waals surface area contributed by atoms with Crippen LogP contribution >= 0.6 is 0 Å². The normalized spacial score (nSPS) is 10.7. The summed E-state index contributed by atoms with van der Waals surface area (Å²) in [5.41, 5.74) is 5.16. The minimum Gasteiger partial charge on any atom is -0.285 e. The average Bonchev–Trinajstić information content (AvgIpc) is 3.38. The second-order valence-electron chi connectivity index (χ2n) is 6.45. The molecule has 4 rings (SSSR count).